The number of hydrogen-bond donors (Lipinski definition) is 2. The average molecular weight is 296 g/mol. The lowest BCUT2D eigenvalue weighted by molar-refractivity contribution is 0.385. The first kappa shape index (κ1) is 16.7. The zero-order chi connectivity index (χ0) is 15.6. The summed E-state index contributed by atoms with van der Waals surface area (Å²) in [5, 5.41) is 7.46. The van der Waals surface area contributed by atoms with Crippen molar-refractivity contribution in [2.45, 2.75) is 38.8 Å². The molecule has 0 amide bonds. The van der Waals surface area contributed by atoms with Gasteiger partial charge in [-0.25, -0.2) is 0 Å². The Morgan fingerprint density at radius 3 is 1.32 bits per heavy atom. The van der Waals surface area contributed by atoms with E-state index in [-0.39, 0.29) is 12.1 Å². The second kappa shape index (κ2) is 9.39. The Hall–Kier alpha value is -1.64. The van der Waals surface area contributed by atoms with E-state index >= 15 is 0 Å². The maximum absolute atomic E-state index is 3.73. The molecule has 0 aliphatic carbocycles. The van der Waals surface area contributed by atoms with E-state index in [0.29, 0.717) is 0 Å². The van der Waals surface area contributed by atoms with Gasteiger partial charge in [0.15, 0.2) is 0 Å². The van der Waals surface area contributed by atoms with E-state index in [1.165, 1.54) is 11.1 Å². The summed E-state index contributed by atoms with van der Waals surface area (Å²) in [5.74, 6) is 0. The fraction of sp³-hybridized carbons (Fsp3) is 0.400. The molecule has 0 aliphatic rings. The predicted octanol–water partition coefficient (Wildman–Crippen LogP) is 4.47. The van der Waals surface area contributed by atoms with Gasteiger partial charge < -0.3 is 10.6 Å². The molecule has 0 spiro atoms. The minimum absolute atomic E-state index is 0.287. The van der Waals surface area contributed by atoms with E-state index in [4.69, 9.17) is 0 Å². The number of nitrogens with one attached hydrogen (secondary N) is 2. The highest BCUT2D eigenvalue weighted by Gasteiger charge is 2.23. The van der Waals surface area contributed by atoms with Crippen LogP contribution in [0, 0.1) is 0 Å². The number of hydrogen-bond acceptors (Lipinski definition) is 2. The van der Waals surface area contributed by atoms with Crippen molar-refractivity contribution in [3.63, 3.8) is 0 Å². The van der Waals surface area contributed by atoms with Gasteiger partial charge in [0.05, 0.1) is 12.1 Å². The molecular formula is C20H28N2. The molecule has 22 heavy (non-hydrogen) atoms. The predicted molar refractivity (Wildman–Crippen MR) is 95.0 cm³/mol. The maximum atomic E-state index is 3.73. The summed E-state index contributed by atoms with van der Waals surface area (Å²) in [4.78, 5) is 0. The third kappa shape index (κ3) is 4.69. The molecule has 2 aromatic rings. The monoisotopic (exact) mass is 296 g/mol. The molecule has 0 heterocycles. The Balaban J connectivity index is 2.30. The molecule has 2 nitrogen and oxygen atoms in total. The van der Waals surface area contributed by atoms with Gasteiger partial charge in [-0.05, 0) is 37.1 Å². The highest BCUT2D eigenvalue weighted by molar-refractivity contribution is 5.27. The lowest BCUT2D eigenvalue weighted by Crippen LogP contribution is -2.36. The molecule has 2 atom stereocenters. The third-order valence-corrected chi connectivity index (χ3v) is 3.88. The quantitative estimate of drug-likeness (QED) is 0.713. The third-order valence-electron chi connectivity index (χ3n) is 3.88. The van der Waals surface area contributed by atoms with Crippen LogP contribution >= 0.6 is 0 Å². The fourth-order valence-electron chi connectivity index (χ4n) is 2.78. The van der Waals surface area contributed by atoms with Crippen LogP contribution in [-0.4, -0.2) is 13.1 Å². The van der Waals surface area contributed by atoms with Crippen LogP contribution in [0.15, 0.2) is 60.7 Å². The van der Waals surface area contributed by atoms with Crippen molar-refractivity contribution >= 4 is 0 Å². The van der Waals surface area contributed by atoms with Gasteiger partial charge in [0.1, 0.15) is 0 Å². The molecule has 0 bridgehead atoms. The normalized spacial score (nSPS) is 13.7. The Bertz CT molecular complexity index is 460. The topological polar surface area (TPSA) is 24.1 Å². The Morgan fingerprint density at radius 1 is 0.636 bits per heavy atom. The Kier molecular flexibility index (Phi) is 7.14. The first-order valence-electron chi connectivity index (χ1n) is 8.43. The standard InChI is InChI=1S/C20H28N2/c1-3-15-21-19(17-11-7-5-8-12-17)20(22-16-4-2)18-13-9-6-10-14-18/h5-14,19-22H,3-4,15-16H2,1-2H3. The summed E-state index contributed by atoms with van der Waals surface area (Å²) >= 11 is 0. The molecule has 2 heteroatoms. The first-order chi connectivity index (χ1) is 10.9. The zero-order valence-corrected chi connectivity index (χ0v) is 13.8. The molecule has 0 aromatic heterocycles. The molecule has 2 aromatic carbocycles. The van der Waals surface area contributed by atoms with Gasteiger partial charge in [-0.1, -0.05) is 74.5 Å². The van der Waals surface area contributed by atoms with E-state index in [2.05, 4.69) is 85.1 Å². The van der Waals surface area contributed by atoms with Gasteiger partial charge in [-0.2, -0.15) is 0 Å². The Morgan fingerprint density at radius 2 is 1.00 bits per heavy atom. The van der Waals surface area contributed by atoms with Gasteiger partial charge in [0.2, 0.25) is 0 Å². The van der Waals surface area contributed by atoms with Crippen LogP contribution in [-0.2, 0) is 0 Å². The van der Waals surface area contributed by atoms with E-state index in [1.807, 2.05) is 0 Å². The summed E-state index contributed by atoms with van der Waals surface area (Å²) in [5.41, 5.74) is 2.68. The van der Waals surface area contributed by atoms with Crippen molar-refractivity contribution in [1.29, 1.82) is 0 Å². The van der Waals surface area contributed by atoms with Crippen LogP contribution in [0.5, 0.6) is 0 Å². The van der Waals surface area contributed by atoms with Crippen molar-refractivity contribution in [1.82, 2.24) is 10.6 Å². The van der Waals surface area contributed by atoms with E-state index in [9.17, 15) is 0 Å². The lowest BCUT2D eigenvalue weighted by Gasteiger charge is -2.30. The maximum Gasteiger partial charge on any atom is 0.0518 e. The molecule has 2 unspecified atom stereocenters. The van der Waals surface area contributed by atoms with Crippen LogP contribution in [0.4, 0.5) is 0 Å². The smallest absolute Gasteiger partial charge is 0.0518 e. The van der Waals surface area contributed by atoms with Gasteiger partial charge in [-0.15, -0.1) is 0 Å². The molecule has 2 rings (SSSR count). The minimum Gasteiger partial charge on any atom is -0.308 e. The van der Waals surface area contributed by atoms with Gasteiger partial charge in [-0.3, -0.25) is 0 Å². The molecule has 0 fully saturated rings. The van der Waals surface area contributed by atoms with Crippen molar-refractivity contribution in [2.75, 3.05) is 13.1 Å². The van der Waals surface area contributed by atoms with E-state index < -0.39 is 0 Å². The second-order valence-corrected chi connectivity index (χ2v) is 5.68. The van der Waals surface area contributed by atoms with Gasteiger partial charge >= 0.3 is 0 Å². The average Bonchev–Trinajstić information content (AvgIpc) is 2.59. The highest BCUT2D eigenvalue weighted by atomic mass is 15.0. The summed E-state index contributed by atoms with van der Waals surface area (Å²) in [6.07, 6.45) is 2.28. The summed E-state index contributed by atoms with van der Waals surface area (Å²) in [7, 11) is 0. The SMILES string of the molecule is CCCNC(c1ccccc1)C(NCCC)c1ccccc1. The Labute approximate surface area is 135 Å². The minimum atomic E-state index is 0.287. The summed E-state index contributed by atoms with van der Waals surface area (Å²) in [6.45, 7) is 6.48. The van der Waals surface area contributed by atoms with E-state index in [1.54, 1.807) is 0 Å². The van der Waals surface area contributed by atoms with Crippen molar-refractivity contribution < 1.29 is 0 Å². The van der Waals surface area contributed by atoms with Crippen LogP contribution < -0.4 is 10.6 Å². The van der Waals surface area contributed by atoms with Crippen molar-refractivity contribution in [3.8, 4) is 0 Å². The lowest BCUT2D eigenvalue weighted by atomic mass is 9.93. The first-order valence-corrected chi connectivity index (χ1v) is 8.43. The highest BCUT2D eigenvalue weighted by Crippen LogP contribution is 2.28. The second-order valence-electron chi connectivity index (χ2n) is 5.68. The van der Waals surface area contributed by atoms with Gasteiger partial charge in [0, 0.05) is 0 Å². The van der Waals surface area contributed by atoms with Crippen molar-refractivity contribution in [3.05, 3.63) is 71.8 Å². The van der Waals surface area contributed by atoms with Crippen LogP contribution in [0.2, 0.25) is 0 Å². The van der Waals surface area contributed by atoms with Crippen LogP contribution in [0.1, 0.15) is 49.9 Å². The molecule has 0 radical (unpaired) electrons. The van der Waals surface area contributed by atoms with Crippen LogP contribution in [0.25, 0.3) is 0 Å². The zero-order valence-electron chi connectivity index (χ0n) is 13.8. The van der Waals surface area contributed by atoms with E-state index in [0.717, 1.165) is 25.9 Å². The molecular weight excluding hydrogens is 268 g/mol. The number of benzene rings is 2. The van der Waals surface area contributed by atoms with Crippen LogP contribution in [0.3, 0.4) is 0 Å². The molecule has 118 valence electrons. The largest absolute Gasteiger partial charge is 0.308 e. The molecule has 0 saturated heterocycles. The summed E-state index contributed by atoms with van der Waals surface area (Å²) in [6, 6.07) is 22.1. The molecule has 2 N–H and O–H groups in total. The number of rotatable bonds is 9. The van der Waals surface area contributed by atoms with Gasteiger partial charge in [0.25, 0.3) is 0 Å². The molecule has 0 aliphatic heterocycles. The molecule has 0 saturated carbocycles. The van der Waals surface area contributed by atoms with Crippen molar-refractivity contribution in [2.24, 2.45) is 0 Å². The summed E-state index contributed by atoms with van der Waals surface area (Å²) < 4.78 is 0. The fourth-order valence-corrected chi connectivity index (χ4v) is 2.78.